The van der Waals surface area contributed by atoms with Crippen molar-refractivity contribution >= 4 is 5.78 Å². The molecule has 0 aliphatic heterocycles. The smallest absolute Gasteiger partial charge is 0.328 e. The van der Waals surface area contributed by atoms with Gasteiger partial charge in [-0.3, -0.25) is 4.79 Å². The van der Waals surface area contributed by atoms with Crippen LogP contribution in [0.3, 0.4) is 0 Å². The van der Waals surface area contributed by atoms with Crippen LogP contribution in [0.15, 0.2) is 12.4 Å². The van der Waals surface area contributed by atoms with Gasteiger partial charge in [-0.15, -0.1) is 0 Å². The number of nitrogens with zero attached hydrogens (tertiary/aromatic N) is 2. The molecule has 1 rings (SSSR count). The molecule has 3 nitrogen and oxygen atoms in total. The maximum absolute atomic E-state index is 12.0. The third-order valence-corrected chi connectivity index (χ3v) is 1.64. The molecule has 0 spiro atoms. The molecule has 78 valence electrons. The molecule has 1 aromatic heterocycles. The zero-order chi connectivity index (χ0) is 10.8. The summed E-state index contributed by atoms with van der Waals surface area (Å²) in [7, 11) is 0. The lowest BCUT2D eigenvalue weighted by atomic mass is 10.3. The zero-order valence-electron chi connectivity index (χ0n) is 7.51. The standard InChI is InChI=1S/C8H9F3N2O/c1-2-4-13-5-3-12-7(13)6(14)8(9,10)11/h3,5H,2,4H2,1H3. The van der Waals surface area contributed by atoms with Crippen LogP contribution in [-0.4, -0.2) is 21.5 Å². The van der Waals surface area contributed by atoms with Crippen LogP contribution in [0.5, 0.6) is 0 Å². The van der Waals surface area contributed by atoms with Gasteiger partial charge in [-0.25, -0.2) is 4.98 Å². The van der Waals surface area contributed by atoms with E-state index in [1.54, 1.807) is 0 Å². The number of alkyl halides is 3. The average Bonchev–Trinajstić information content (AvgIpc) is 2.50. The number of ketones is 1. The third kappa shape index (κ3) is 2.12. The fourth-order valence-electron chi connectivity index (χ4n) is 1.07. The van der Waals surface area contributed by atoms with Crippen molar-refractivity contribution in [3.8, 4) is 0 Å². The largest absolute Gasteiger partial charge is 0.458 e. The van der Waals surface area contributed by atoms with Crippen molar-refractivity contribution in [3.63, 3.8) is 0 Å². The molecular formula is C8H9F3N2O. The maximum atomic E-state index is 12.0. The van der Waals surface area contributed by atoms with E-state index in [-0.39, 0.29) is 0 Å². The molecule has 0 bridgehead atoms. The minimum Gasteiger partial charge on any atom is -0.328 e. The van der Waals surface area contributed by atoms with Crippen molar-refractivity contribution in [1.29, 1.82) is 0 Å². The summed E-state index contributed by atoms with van der Waals surface area (Å²) in [6.45, 7) is 2.17. The molecular weight excluding hydrogens is 197 g/mol. The zero-order valence-corrected chi connectivity index (χ0v) is 7.51. The molecule has 0 unspecified atom stereocenters. The first kappa shape index (κ1) is 10.7. The van der Waals surface area contributed by atoms with Gasteiger partial charge in [-0.1, -0.05) is 6.92 Å². The second kappa shape index (κ2) is 3.81. The summed E-state index contributed by atoms with van der Waals surface area (Å²) in [5.41, 5.74) is 0. The highest BCUT2D eigenvalue weighted by atomic mass is 19.4. The minimum atomic E-state index is -4.85. The van der Waals surface area contributed by atoms with Crippen molar-refractivity contribution < 1.29 is 18.0 Å². The Labute approximate surface area is 78.6 Å². The number of Topliss-reactive ketones (excluding diaryl/α,β-unsaturated/α-hetero) is 1. The molecule has 14 heavy (non-hydrogen) atoms. The molecule has 0 aliphatic carbocycles. The van der Waals surface area contributed by atoms with Gasteiger partial charge in [0.2, 0.25) is 0 Å². The van der Waals surface area contributed by atoms with E-state index >= 15 is 0 Å². The highest BCUT2D eigenvalue weighted by molar-refractivity contribution is 5.97. The van der Waals surface area contributed by atoms with Crippen LogP contribution < -0.4 is 0 Å². The molecule has 0 amide bonds. The molecule has 0 saturated carbocycles. The summed E-state index contributed by atoms with van der Waals surface area (Å²) >= 11 is 0. The Kier molecular flexibility index (Phi) is 2.93. The predicted octanol–water partition coefficient (Wildman–Crippen LogP) is 2.04. The number of rotatable bonds is 3. The van der Waals surface area contributed by atoms with Gasteiger partial charge < -0.3 is 4.57 Å². The van der Waals surface area contributed by atoms with Crippen molar-refractivity contribution in [2.45, 2.75) is 26.1 Å². The van der Waals surface area contributed by atoms with Crippen molar-refractivity contribution in [3.05, 3.63) is 18.2 Å². The summed E-state index contributed by atoms with van der Waals surface area (Å²) in [4.78, 5) is 14.2. The quantitative estimate of drug-likeness (QED) is 0.709. The highest BCUT2D eigenvalue weighted by Gasteiger charge is 2.41. The second-order valence-electron chi connectivity index (χ2n) is 2.77. The maximum Gasteiger partial charge on any atom is 0.458 e. The van der Waals surface area contributed by atoms with E-state index in [0.717, 1.165) is 0 Å². The Morgan fingerprint density at radius 3 is 2.71 bits per heavy atom. The van der Waals surface area contributed by atoms with E-state index in [2.05, 4.69) is 4.98 Å². The monoisotopic (exact) mass is 206 g/mol. The van der Waals surface area contributed by atoms with Gasteiger partial charge in [-0.05, 0) is 6.42 Å². The van der Waals surface area contributed by atoms with Crippen molar-refractivity contribution in [2.24, 2.45) is 0 Å². The predicted molar refractivity (Wildman–Crippen MR) is 42.9 cm³/mol. The Bertz CT molecular complexity index is 330. The van der Waals surface area contributed by atoms with Gasteiger partial charge >= 0.3 is 12.0 Å². The van der Waals surface area contributed by atoms with Crippen molar-refractivity contribution in [1.82, 2.24) is 9.55 Å². The molecule has 0 radical (unpaired) electrons. The summed E-state index contributed by atoms with van der Waals surface area (Å²) in [6, 6.07) is 0. The first-order valence-electron chi connectivity index (χ1n) is 4.09. The van der Waals surface area contributed by atoms with E-state index in [4.69, 9.17) is 0 Å². The molecule has 0 saturated heterocycles. The van der Waals surface area contributed by atoms with E-state index < -0.39 is 17.8 Å². The van der Waals surface area contributed by atoms with Crippen LogP contribution >= 0.6 is 0 Å². The topological polar surface area (TPSA) is 34.9 Å². The van der Waals surface area contributed by atoms with Gasteiger partial charge in [0.15, 0.2) is 5.82 Å². The summed E-state index contributed by atoms with van der Waals surface area (Å²) in [5.74, 6) is -2.43. The number of carbonyl (C=O) groups excluding carboxylic acids is 1. The average molecular weight is 206 g/mol. The number of hydrogen-bond acceptors (Lipinski definition) is 2. The van der Waals surface area contributed by atoms with E-state index in [0.29, 0.717) is 13.0 Å². The number of aromatic nitrogens is 2. The summed E-state index contributed by atoms with van der Waals surface area (Å²) in [5, 5.41) is 0. The lowest BCUT2D eigenvalue weighted by Crippen LogP contribution is -2.26. The molecule has 0 aliphatic rings. The first-order chi connectivity index (χ1) is 6.46. The number of carbonyl (C=O) groups is 1. The van der Waals surface area contributed by atoms with Gasteiger partial charge in [0.1, 0.15) is 0 Å². The van der Waals surface area contributed by atoms with E-state index in [1.807, 2.05) is 6.92 Å². The molecule has 1 heterocycles. The lowest BCUT2D eigenvalue weighted by Gasteiger charge is -2.07. The molecule has 6 heteroatoms. The minimum absolute atomic E-state index is 0.358. The molecule has 0 N–H and O–H groups in total. The molecule has 0 atom stereocenters. The van der Waals surface area contributed by atoms with Crippen LogP contribution in [0.2, 0.25) is 0 Å². The van der Waals surface area contributed by atoms with Gasteiger partial charge in [0.05, 0.1) is 0 Å². The normalized spacial score (nSPS) is 11.7. The second-order valence-corrected chi connectivity index (χ2v) is 2.77. The number of halogens is 3. The van der Waals surface area contributed by atoms with E-state index in [9.17, 15) is 18.0 Å². The Morgan fingerprint density at radius 1 is 1.57 bits per heavy atom. The van der Waals surface area contributed by atoms with Crippen LogP contribution in [-0.2, 0) is 6.54 Å². The van der Waals surface area contributed by atoms with Crippen LogP contribution in [0.4, 0.5) is 13.2 Å². The lowest BCUT2D eigenvalue weighted by molar-refractivity contribution is -0.0893. The number of imidazole rings is 1. The fourth-order valence-corrected chi connectivity index (χ4v) is 1.07. The highest BCUT2D eigenvalue weighted by Crippen LogP contribution is 2.20. The molecule has 0 aromatic carbocycles. The van der Waals surface area contributed by atoms with Gasteiger partial charge in [-0.2, -0.15) is 13.2 Å². The Balaban J connectivity index is 2.95. The molecule has 0 fully saturated rings. The summed E-state index contributed by atoms with van der Waals surface area (Å²) in [6.07, 6.45) is -1.65. The van der Waals surface area contributed by atoms with Crippen LogP contribution in [0.1, 0.15) is 24.0 Å². The van der Waals surface area contributed by atoms with Crippen molar-refractivity contribution in [2.75, 3.05) is 0 Å². The van der Waals surface area contributed by atoms with Gasteiger partial charge in [0, 0.05) is 18.9 Å². The third-order valence-electron chi connectivity index (χ3n) is 1.64. The number of hydrogen-bond donors (Lipinski definition) is 0. The Hall–Kier alpha value is -1.33. The van der Waals surface area contributed by atoms with Crippen LogP contribution in [0.25, 0.3) is 0 Å². The van der Waals surface area contributed by atoms with Crippen LogP contribution in [0, 0.1) is 0 Å². The fraction of sp³-hybridized carbons (Fsp3) is 0.500. The summed E-state index contributed by atoms with van der Waals surface area (Å²) < 4.78 is 37.3. The Morgan fingerprint density at radius 2 is 2.21 bits per heavy atom. The van der Waals surface area contributed by atoms with E-state index in [1.165, 1.54) is 17.0 Å². The first-order valence-corrected chi connectivity index (χ1v) is 4.09. The van der Waals surface area contributed by atoms with Gasteiger partial charge in [0.25, 0.3) is 0 Å². The molecule has 1 aromatic rings. The number of aryl methyl sites for hydroxylation is 1. The SMILES string of the molecule is CCCn1ccnc1C(=O)C(F)(F)F.